The zero-order chi connectivity index (χ0) is 15.4. The van der Waals surface area contributed by atoms with Crippen LogP contribution in [0.3, 0.4) is 0 Å². The van der Waals surface area contributed by atoms with E-state index < -0.39 is 0 Å². The van der Waals surface area contributed by atoms with Gasteiger partial charge < -0.3 is 10.1 Å². The number of hydrogen-bond donors (Lipinski definition) is 1. The van der Waals surface area contributed by atoms with E-state index in [1.165, 1.54) is 16.7 Å². The van der Waals surface area contributed by atoms with Crippen molar-refractivity contribution in [2.75, 3.05) is 13.7 Å². The van der Waals surface area contributed by atoms with Crippen LogP contribution in [0.15, 0.2) is 30.3 Å². The fourth-order valence-electron chi connectivity index (χ4n) is 2.76. The van der Waals surface area contributed by atoms with Gasteiger partial charge in [0.25, 0.3) is 0 Å². The van der Waals surface area contributed by atoms with Crippen molar-refractivity contribution in [3.63, 3.8) is 0 Å². The van der Waals surface area contributed by atoms with Crippen LogP contribution < -0.4 is 10.1 Å². The molecule has 0 saturated heterocycles. The number of hydrogen-bond acceptors (Lipinski definition) is 3. The van der Waals surface area contributed by atoms with E-state index in [0.29, 0.717) is 0 Å². The van der Waals surface area contributed by atoms with Crippen molar-refractivity contribution in [1.29, 1.82) is 0 Å². The van der Waals surface area contributed by atoms with Crippen LogP contribution in [0.5, 0.6) is 5.75 Å². The molecule has 1 heterocycles. The van der Waals surface area contributed by atoms with Crippen molar-refractivity contribution in [2.45, 2.75) is 33.7 Å². The molecule has 0 saturated carbocycles. The summed E-state index contributed by atoms with van der Waals surface area (Å²) < 4.78 is 5.62. The highest BCUT2D eigenvalue weighted by Crippen LogP contribution is 2.33. The highest BCUT2D eigenvalue weighted by atomic mass is 16.5. The largest absolute Gasteiger partial charge is 0.496 e. The van der Waals surface area contributed by atoms with E-state index in [1.54, 1.807) is 7.11 Å². The second kappa shape index (κ2) is 6.72. The van der Waals surface area contributed by atoms with Crippen molar-refractivity contribution in [2.24, 2.45) is 0 Å². The third-order valence-electron chi connectivity index (χ3n) is 3.62. The second-order valence-corrected chi connectivity index (χ2v) is 5.39. The maximum absolute atomic E-state index is 5.62. The molecule has 3 nitrogen and oxygen atoms in total. The van der Waals surface area contributed by atoms with E-state index in [0.717, 1.165) is 23.7 Å². The number of ether oxygens (including phenoxy) is 1. The molecule has 112 valence electrons. The van der Waals surface area contributed by atoms with Gasteiger partial charge in [0.2, 0.25) is 0 Å². The van der Waals surface area contributed by atoms with Gasteiger partial charge in [-0.3, -0.25) is 4.98 Å². The normalized spacial score (nSPS) is 12.2. The van der Waals surface area contributed by atoms with Crippen molar-refractivity contribution >= 4 is 0 Å². The Labute approximate surface area is 127 Å². The van der Waals surface area contributed by atoms with Gasteiger partial charge in [0.05, 0.1) is 18.8 Å². The highest BCUT2D eigenvalue weighted by molar-refractivity contribution is 5.47. The summed E-state index contributed by atoms with van der Waals surface area (Å²) in [6.45, 7) is 9.22. The molecule has 0 bridgehead atoms. The van der Waals surface area contributed by atoms with Gasteiger partial charge in [0.15, 0.2) is 0 Å². The zero-order valence-electron chi connectivity index (χ0n) is 13.5. The molecule has 3 heteroatoms. The minimum Gasteiger partial charge on any atom is -0.496 e. The molecule has 1 unspecified atom stereocenters. The van der Waals surface area contributed by atoms with Crippen LogP contribution in [0, 0.1) is 20.8 Å². The van der Waals surface area contributed by atoms with E-state index in [4.69, 9.17) is 4.74 Å². The average molecular weight is 284 g/mol. The maximum atomic E-state index is 5.62. The van der Waals surface area contributed by atoms with Crippen LogP contribution in [-0.4, -0.2) is 18.6 Å². The van der Waals surface area contributed by atoms with Gasteiger partial charge in [-0.05, 0) is 56.6 Å². The minimum atomic E-state index is 0.0467. The summed E-state index contributed by atoms with van der Waals surface area (Å²) >= 11 is 0. The summed E-state index contributed by atoms with van der Waals surface area (Å²) in [4.78, 5) is 4.69. The number of pyridine rings is 1. The molecule has 0 amide bonds. The average Bonchev–Trinajstić information content (AvgIpc) is 2.44. The van der Waals surface area contributed by atoms with Gasteiger partial charge in [0, 0.05) is 11.3 Å². The maximum Gasteiger partial charge on any atom is 0.124 e. The van der Waals surface area contributed by atoms with Crippen molar-refractivity contribution in [3.8, 4) is 5.75 Å². The van der Waals surface area contributed by atoms with E-state index in [9.17, 15) is 0 Å². The number of methoxy groups -OCH3 is 1. The lowest BCUT2D eigenvalue weighted by molar-refractivity contribution is 0.402. The lowest BCUT2D eigenvalue weighted by atomic mass is 9.95. The van der Waals surface area contributed by atoms with E-state index in [2.05, 4.69) is 55.3 Å². The number of nitrogens with zero attached hydrogens (tertiary/aromatic N) is 1. The Kier molecular flexibility index (Phi) is 4.97. The van der Waals surface area contributed by atoms with Crippen LogP contribution in [0.1, 0.15) is 41.0 Å². The van der Waals surface area contributed by atoms with Gasteiger partial charge in [-0.15, -0.1) is 0 Å². The molecule has 0 radical (unpaired) electrons. The van der Waals surface area contributed by atoms with Gasteiger partial charge in [-0.25, -0.2) is 0 Å². The Balaban J connectivity index is 2.58. The number of aryl methyl sites for hydroxylation is 3. The standard InChI is InChI=1S/C18H24N2O/c1-6-19-18(15-9-7-8-14(4)20-15)17-13(3)10-12(2)11-16(17)21-5/h7-11,18-19H,6H2,1-5H3. The fraction of sp³-hybridized carbons (Fsp3) is 0.389. The molecule has 21 heavy (non-hydrogen) atoms. The molecule has 2 rings (SSSR count). The summed E-state index contributed by atoms with van der Waals surface area (Å²) in [7, 11) is 1.73. The molecule has 1 N–H and O–H groups in total. The van der Waals surface area contributed by atoms with Crippen LogP contribution in [0.2, 0.25) is 0 Å². The van der Waals surface area contributed by atoms with Crippen molar-refractivity contribution in [1.82, 2.24) is 10.3 Å². The van der Waals surface area contributed by atoms with Gasteiger partial charge in [-0.2, -0.15) is 0 Å². The van der Waals surface area contributed by atoms with Crippen molar-refractivity contribution in [3.05, 3.63) is 58.4 Å². The Morgan fingerprint density at radius 2 is 1.95 bits per heavy atom. The molecule has 0 aliphatic heterocycles. The predicted molar refractivity (Wildman–Crippen MR) is 87.0 cm³/mol. The first kappa shape index (κ1) is 15.5. The van der Waals surface area contributed by atoms with Gasteiger partial charge >= 0.3 is 0 Å². The summed E-state index contributed by atoms with van der Waals surface area (Å²) in [5.74, 6) is 0.918. The molecule has 2 aromatic rings. The quantitative estimate of drug-likeness (QED) is 0.908. The molecule has 0 aliphatic carbocycles. The Bertz CT molecular complexity index is 623. The minimum absolute atomic E-state index is 0.0467. The molecular weight excluding hydrogens is 260 g/mol. The smallest absolute Gasteiger partial charge is 0.124 e. The number of benzene rings is 1. The van der Waals surface area contributed by atoms with Crippen LogP contribution in [-0.2, 0) is 0 Å². The third-order valence-corrected chi connectivity index (χ3v) is 3.62. The summed E-state index contributed by atoms with van der Waals surface area (Å²) in [5, 5.41) is 3.53. The number of rotatable bonds is 5. The van der Waals surface area contributed by atoms with E-state index >= 15 is 0 Å². The Morgan fingerprint density at radius 3 is 2.57 bits per heavy atom. The molecular formula is C18H24N2O. The highest BCUT2D eigenvalue weighted by Gasteiger charge is 2.21. The molecule has 0 aliphatic rings. The molecule has 0 fully saturated rings. The lowest BCUT2D eigenvalue weighted by Crippen LogP contribution is -2.24. The van der Waals surface area contributed by atoms with Crippen LogP contribution in [0.4, 0.5) is 0 Å². The number of nitrogens with one attached hydrogen (secondary N) is 1. The second-order valence-electron chi connectivity index (χ2n) is 5.39. The van der Waals surface area contributed by atoms with Gasteiger partial charge in [-0.1, -0.05) is 19.1 Å². The van der Waals surface area contributed by atoms with Crippen LogP contribution >= 0.6 is 0 Å². The number of aromatic nitrogens is 1. The molecule has 1 aromatic heterocycles. The first-order valence-corrected chi connectivity index (χ1v) is 7.38. The van der Waals surface area contributed by atoms with Crippen LogP contribution in [0.25, 0.3) is 0 Å². The summed E-state index contributed by atoms with van der Waals surface area (Å²) in [6.07, 6.45) is 0. The lowest BCUT2D eigenvalue weighted by Gasteiger charge is -2.23. The van der Waals surface area contributed by atoms with E-state index in [1.807, 2.05) is 13.0 Å². The predicted octanol–water partition coefficient (Wildman–Crippen LogP) is 3.71. The Hall–Kier alpha value is -1.87. The first-order valence-electron chi connectivity index (χ1n) is 7.38. The topological polar surface area (TPSA) is 34.2 Å². The first-order chi connectivity index (χ1) is 10.1. The molecule has 1 aromatic carbocycles. The SMILES string of the molecule is CCNC(c1cccc(C)n1)c1c(C)cc(C)cc1OC. The summed E-state index contributed by atoms with van der Waals surface area (Å²) in [6, 6.07) is 10.5. The zero-order valence-corrected chi connectivity index (χ0v) is 13.5. The Morgan fingerprint density at radius 1 is 1.19 bits per heavy atom. The third kappa shape index (κ3) is 3.42. The summed E-state index contributed by atoms with van der Waals surface area (Å²) in [5.41, 5.74) is 5.66. The fourth-order valence-corrected chi connectivity index (χ4v) is 2.76. The van der Waals surface area contributed by atoms with Crippen molar-refractivity contribution < 1.29 is 4.74 Å². The van der Waals surface area contributed by atoms with Gasteiger partial charge in [0.1, 0.15) is 5.75 Å². The molecule has 1 atom stereocenters. The van der Waals surface area contributed by atoms with E-state index in [-0.39, 0.29) is 6.04 Å². The molecule has 0 spiro atoms. The monoisotopic (exact) mass is 284 g/mol.